The number of alkyl halides is 3. The zero-order valence-electron chi connectivity index (χ0n) is 18.6. The van der Waals surface area contributed by atoms with Gasteiger partial charge in [0.25, 0.3) is 0 Å². The molecule has 4 rings (SSSR count). The Kier molecular flexibility index (Phi) is 6.24. The van der Waals surface area contributed by atoms with Gasteiger partial charge in [-0.05, 0) is 30.2 Å². The van der Waals surface area contributed by atoms with Crippen molar-refractivity contribution in [3.05, 3.63) is 70.8 Å². The van der Waals surface area contributed by atoms with Crippen LogP contribution >= 0.6 is 11.6 Å². The number of aryl methyl sites for hydroxylation is 1. The number of aromatic nitrogens is 5. The van der Waals surface area contributed by atoms with E-state index in [1.54, 1.807) is 20.0 Å². The third-order valence-electron chi connectivity index (χ3n) is 5.74. The summed E-state index contributed by atoms with van der Waals surface area (Å²) in [5.41, 5.74) is 3.31. The van der Waals surface area contributed by atoms with Gasteiger partial charge in [0.2, 0.25) is 11.9 Å². The van der Waals surface area contributed by atoms with E-state index in [1.807, 2.05) is 0 Å². The molecular weight excluding hydrogens is 485 g/mol. The van der Waals surface area contributed by atoms with Gasteiger partial charge in [-0.1, -0.05) is 29.8 Å². The molecule has 13 heteroatoms. The molecule has 9 nitrogen and oxygen atoms in total. The number of carbonyl (C=O) groups excluding carboxylic acids is 1. The molecule has 0 saturated heterocycles. The molecule has 0 radical (unpaired) electrons. The van der Waals surface area contributed by atoms with E-state index < -0.39 is 29.0 Å². The summed E-state index contributed by atoms with van der Waals surface area (Å²) in [6.07, 6.45) is -0.625. The second-order valence-electron chi connectivity index (χ2n) is 7.81. The fourth-order valence-corrected chi connectivity index (χ4v) is 4.14. The molecule has 1 aliphatic carbocycles. The van der Waals surface area contributed by atoms with E-state index in [1.165, 1.54) is 41.6 Å². The highest BCUT2D eigenvalue weighted by molar-refractivity contribution is 6.31. The van der Waals surface area contributed by atoms with Crippen LogP contribution in [0.5, 0.6) is 0 Å². The summed E-state index contributed by atoms with van der Waals surface area (Å²) in [4.78, 5) is 24.1. The van der Waals surface area contributed by atoms with E-state index in [0.29, 0.717) is 22.9 Å². The Bertz CT molecular complexity index is 1350. The number of rotatable bonds is 6. The number of allylic oxidation sites excluding steroid dienone is 3. The van der Waals surface area contributed by atoms with Crippen LogP contribution < -0.4 is 16.4 Å². The predicted molar refractivity (Wildman–Crippen MR) is 125 cm³/mol. The lowest BCUT2D eigenvalue weighted by molar-refractivity contribution is -0.177. The molecule has 182 valence electrons. The van der Waals surface area contributed by atoms with Gasteiger partial charge in [0.1, 0.15) is 23.9 Å². The number of halogens is 4. The van der Waals surface area contributed by atoms with Gasteiger partial charge in [-0.15, -0.1) is 0 Å². The Hall–Kier alpha value is -3.93. The lowest BCUT2D eigenvalue weighted by atomic mass is 9.71. The maximum absolute atomic E-state index is 14.6. The predicted octanol–water partition coefficient (Wildman–Crippen LogP) is 3.89. The van der Waals surface area contributed by atoms with Crippen LogP contribution in [-0.4, -0.2) is 43.9 Å². The molecular formula is C22H20ClF3N8O. The summed E-state index contributed by atoms with van der Waals surface area (Å²) in [6.45, 7) is 1.73. The standard InChI is InChI=1S/C22H20ClF3N8O/c1-12-3-5-14(21(22(24,25)26)9-13(19(27)35)4-6-16(21)23)7-15(12)33-20-31-11-32-34(20)18-8-17(28-2)29-10-30-18/h3-8,10-11H,9H2,1-2H3,(H2,27,35)(H,28,29,30)(H,31,32,33). The van der Waals surface area contributed by atoms with Crippen molar-refractivity contribution < 1.29 is 18.0 Å². The molecule has 0 spiro atoms. The third kappa shape index (κ3) is 4.32. The van der Waals surface area contributed by atoms with E-state index >= 15 is 0 Å². The molecule has 3 aromatic rings. The van der Waals surface area contributed by atoms with Crippen LogP contribution in [0.15, 0.2) is 59.7 Å². The molecule has 35 heavy (non-hydrogen) atoms. The fourth-order valence-electron chi connectivity index (χ4n) is 3.79. The van der Waals surface area contributed by atoms with Crippen LogP contribution in [0.3, 0.4) is 0 Å². The van der Waals surface area contributed by atoms with Crippen molar-refractivity contribution in [2.45, 2.75) is 24.9 Å². The Morgan fingerprint density at radius 1 is 1.17 bits per heavy atom. The molecule has 1 atom stereocenters. The van der Waals surface area contributed by atoms with E-state index in [4.69, 9.17) is 17.3 Å². The minimum absolute atomic E-state index is 0.156. The molecule has 0 bridgehead atoms. The summed E-state index contributed by atoms with van der Waals surface area (Å²) in [5, 5.41) is 9.60. The van der Waals surface area contributed by atoms with Crippen LogP contribution in [0.4, 0.5) is 30.6 Å². The van der Waals surface area contributed by atoms with Crippen LogP contribution in [-0.2, 0) is 10.2 Å². The number of anilines is 3. The van der Waals surface area contributed by atoms with Gasteiger partial charge >= 0.3 is 6.18 Å². The van der Waals surface area contributed by atoms with Gasteiger partial charge in [0, 0.05) is 35.8 Å². The highest BCUT2D eigenvalue weighted by Crippen LogP contribution is 2.54. The highest BCUT2D eigenvalue weighted by Gasteiger charge is 2.59. The van der Waals surface area contributed by atoms with Gasteiger partial charge in [0.15, 0.2) is 5.82 Å². The molecule has 0 fully saturated rings. The van der Waals surface area contributed by atoms with Crippen molar-refractivity contribution in [2.75, 3.05) is 17.7 Å². The topological polar surface area (TPSA) is 124 Å². The largest absolute Gasteiger partial charge is 0.403 e. The van der Waals surface area contributed by atoms with Gasteiger partial charge in [-0.2, -0.15) is 27.9 Å². The molecule has 1 aliphatic rings. The first-order valence-corrected chi connectivity index (χ1v) is 10.7. The van der Waals surface area contributed by atoms with Crippen molar-refractivity contribution in [3.8, 4) is 5.82 Å². The van der Waals surface area contributed by atoms with Gasteiger partial charge in [0.05, 0.1) is 0 Å². The average Bonchev–Trinajstić information content (AvgIpc) is 3.28. The lowest BCUT2D eigenvalue weighted by Crippen LogP contribution is -2.45. The van der Waals surface area contributed by atoms with Crippen LogP contribution in [0, 0.1) is 6.92 Å². The van der Waals surface area contributed by atoms with E-state index in [-0.39, 0.29) is 17.1 Å². The third-order valence-corrected chi connectivity index (χ3v) is 6.19. The second kappa shape index (κ2) is 9.02. The number of hydrogen-bond donors (Lipinski definition) is 3. The van der Waals surface area contributed by atoms with Crippen molar-refractivity contribution >= 4 is 35.0 Å². The number of amides is 1. The Balaban J connectivity index is 1.78. The zero-order valence-corrected chi connectivity index (χ0v) is 19.3. The van der Waals surface area contributed by atoms with Crippen molar-refractivity contribution in [3.63, 3.8) is 0 Å². The smallest absolute Gasteiger partial charge is 0.373 e. The quantitative estimate of drug-likeness (QED) is 0.465. The van der Waals surface area contributed by atoms with Crippen molar-refractivity contribution in [1.82, 2.24) is 24.7 Å². The summed E-state index contributed by atoms with van der Waals surface area (Å²) in [7, 11) is 1.70. The van der Waals surface area contributed by atoms with E-state index in [0.717, 1.165) is 6.08 Å². The molecule has 2 heterocycles. The van der Waals surface area contributed by atoms with Crippen molar-refractivity contribution in [2.24, 2.45) is 5.73 Å². The summed E-state index contributed by atoms with van der Waals surface area (Å²) >= 11 is 6.17. The Morgan fingerprint density at radius 3 is 2.63 bits per heavy atom. The number of hydrogen-bond acceptors (Lipinski definition) is 7. The average molecular weight is 505 g/mol. The Labute approximate surface area is 202 Å². The number of nitrogens with one attached hydrogen (secondary N) is 2. The maximum atomic E-state index is 14.6. The number of carbonyl (C=O) groups is 1. The molecule has 1 aromatic carbocycles. The van der Waals surface area contributed by atoms with Gasteiger partial charge in [-0.3, -0.25) is 4.79 Å². The lowest BCUT2D eigenvalue weighted by Gasteiger charge is -2.38. The second-order valence-corrected chi connectivity index (χ2v) is 8.22. The summed E-state index contributed by atoms with van der Waals surface area (Å²) < 4.78 is 45.1. The molecule has 0 saturated carbocycles. The molecule has 1 unspecified atom stereocenters. The van der Waals surface area contributed by atoms with Gasteiger partial charge in [-0.25, -0.2) is 9.97 Å². The molecule has 2 aromatic heterocycles. The summed E-state index contributed by atoms with van der Waals surface area (Å²) in [5.74, 6) is 0.205. The molecule has 0 aliphatic heterocycles. The van der Waals surface area contributed by atoms with Crippen molar-refractivity contribution in [1.29, 1.82) is 0 Å². The SMILES string of the molecule is CNc1cc(-n2ncnc2Nc2cc(C3(C(F)(F)F)CC(C(N)=O)=CC=C3Cl)ccc2C)ncn1. The number of nitrogens with two attached hydrogens (primary N) is 1. The first-order valence-electron chi connectivity index (χ1n) is 10.3. The number of nitrogens with zero attached hydrogens (tertiary/aromatic N) is 5. The Morgan fingerprint density at radius 2 is 1.94 bits per heavy atom. The zero-order chi connectivity index (χ0) is 25.4. The summed E-state index contributed by atoms with van der Waals surface area (Å²) in [6, 6.07) is 5.83. The molecule has 4 N–H and O–H groups in total. The minimum Gasteiger partial charge on any atom is -0.373 e. The fraction of sp³-hybridized carbons (Fsp3) is 0.227. The van der Waals surface area contributed by atoms with E-state index in [9.17, 15) is 18.0 Å². The first-order chi connectivity index (χ1) is 16.6. The van der Waals surface area contributed by atoms with Crippen LogP contribution in [0.1, 0.15) is 17.5 Å². The van der Waals surface area contributed by atoms with Gasteiger partial charge < -0.3 is 16.4 Å². The van der Waals surface area contributed by atoms with Crippen LogP contribution in [0.25, 0.3) is 5.82 Å². The van der Waals surface area contributed by atoms with Crippen LogP contribution in [0.2, 0.25) is 0 Å². The normalized spacial score (nSPS) is 18.0. The minimum atomic E-state index is -4.81. The number of primary amides is 1. The maximum Gasteiger partial charge on any atom is 0.403 e. The molecule has 1 amide bonds. The van der Waals surface area contributed by atoms with E-state index in [2.05, 4.69) is 30.7 Å². The highest BCUT2D eigenvalue weighted by atomic mass is 35.5. The number of benzene rings is 1. The first kappa shape index (κ1) is 24.2. The monoisotopic (exact) mass is 504 g/mol.